The molecule has 6 nitrogen and oxygen atoms in total. The van der Waals surface area contributed by atoms with Crippen LogP contribution in [0.4, 0.5) is 0 Å². The predicted molar refractivity (Wildman–Crippen MR) is 92.6 cm³/mol. The van der Waals surface area contributed by atoms with Crippen molar-refractivity contribution in [3.05, 3.63) is 77.5 Å². The van der Waals surface area contributed by atoms with Crippen LogP contribution in [0.1, 0.15) is 17.5 Å². The quantitative estimate of drug-likeness (QED) is 0.646. The van der Waals surface area contributed by atoms with E-state index in [0.717, 1.165) is 5.56 Å². The van der Waals surface area contributed by atoms with E-state index in [1.54, 1.807) is 24.3 Å². The van der Waals surface area contributed by atoms with Gasteiger partial charge in [0.15, 0.2) is 0 Å². The first kappa shape index (κ1) is 20.1. The van der Waals surface area contributed by atoms with Crippen molar-refractivity contribution in [3.8, 4) is 0 Å². The van der Waals surface area contributed by atoms with E-state index in [1.165, 1.54) is 6.08 Å². The Kier molecular flexibility index (Phi) is 8.05. The lowest BCUT2D eigenvalue weighted by molar-refractivity contribution is -0.418. The van der Waals surface area contributed by atoms with Crippen molar-refractivity contribution < 1.29 is 25.9 Å². The van der Waals surface area contributed by atoms with Crippen molar-refractivity contribution in [2.45, 2.75) is 18.9 Å². The van der Waals surface area contributed by atoms with E-state index in [9.17, 15) is 14.7 Å². The zero-order chi connectivity index (χ0) is 17.4. The Morgan fingerprint density at radius 1 is 1.04 bits per heavy atom. The molecule has 0 heterocycles. The molecule has 0 saturated carbocycles. The number of hydrogen-bond acceptors (Lipinski definition) is 3. The molecule has 6 N–H and O–H groups in total. The van der Waals surface area contributed by atoms with Crippen LogP contribution in [0.2, 0.25) is 0 Å². The summed E-state index contributed by atoms with van der Waals surface area (Å²) < 4.78 is 0. The molecule has 0 radical (unpaired) electrons. The Morgan fingerprint density at radius 2 is 1.60 bits per heavy atom. The van der Waals surface area contributed by atoms with Crippen LogP contribution in [-0.2, 0) is 16.0 Å². The molecule has 0 saturated heterocycles. The van der Waals surface area contributed by atoms with Gasteiger partial charge in [-0.2, -0.15) is 0 Å². The summed E-state index contributed by atoms with van der Waals surface area (Å²) in [6.07, 6.45) is 2.16. The van der Waals surface area contributed by atoms with E-state index in [-0.39, 0.29) is 23.6 Å². The molecule has 0 aliphatic heterocycles. The molecular formula is C19H22N2O4. The Hall–Kier alpha value is -2.96. The molecule has 2 aromatic carbocycles. The van der Waals surface area contributed by atoms with Gasteiger partial charge in [0.2, 0.25) is 5.91 Å². The average molecular weight is 342 g/mol. The maximum absolute atomic E-state index is 12.1. The molecule has 2 aromatic rings. The van der Waals surface area contributed by atoms with Gasteiger partial charge in [-0.1, -0.05) is 60.7 Å². The van der Waals surface area contributed by atoms with E-state index in [2.05, 4.69) is 11.1 Å². The van der Waals surface area contributed by atoms with Gasteiger partial charge < -0.3 is 26.4 Å². The first-order chi connectivity index (χ1) is 11.5. The second-order valence-electron chi connectivity index (χ2n) is 5.56. The Bertz CT molecular complexity index is 715. The lowest BCUT2D eigenvalue weighted by Gasteiger charge is -2.13. The topological polar surface area (TPSA) is 128 Å². The molecule has 0 spiro atoms. The van der Waals surface area contributed by atoms with Crippen molar-refractivity contribution in [2.24, 2.45) is 0 Å². The number of quaternary nitrogens is 1. The predicted octanol–water partition coefficient (Wildman–Crippen LogP) is -0.688. The van der Waals surface area contributed by atoms with Crippen LogP contribution in [0.5, 0.6) is 0 Å². The Labute approximate surface area is 146 Å². The highest BCUT2D eigenvalue weighted by molar-refractivity contribution is 5.95. The summed E-state index contributed by atoms with van der Waals surface area (Å²) in [5.74, 6) is -1.81. The lowest BCUT2D eigenvalue weighted by Crippen LogP contribution is -2.63. The van der Waals surface area contributed by atoms with Crippen LogP contribution < -0.4 is 16.2 Å². The zero-order valence-electron chi connectivity index (χ0n) is 13.8. The van der Waals surface area contributed by atoms with Gasteiger partial charge in [-0.05, 0) is 17.2 Å². The van der Waals surface area contributed by atoms with E-state index in [1.807, 2.05) is 36.4 Å². The maximum Gasteiger partial charge on any atom is 0.230 e. The molecule has 2 rings (SSSR count). The van der Waals surface area contributed by atoms with Gasteiger partial charge in [0.25, 0.3) is 0 Å². The van der Waals surface area contributed by atoms with E-state index in [4.69, 9.17) is 0 Å². The summed E-state index contributed by atoms with van der Waals surface area (Å²) in [6, 6.07) is 18.5. The molecule has 0 aliphatic rings. The number of nitrogens with one attached hydrogen (secondary N) is 1. The molecular weight excluding hydrogens is 320 g/mol. The number of carbonyl (C=O) groups excluding carboxylic acids is 2. The van der Waals surface area contributed by atoms with Crippen molar-refractivity contribution in [1.82, 2.24) is 5.32 Å². The third-order valence-electron chi connectivity index (χ3n) is 3.45. The molecule has 0 fully saturated rings. The Morgan fingerprint density at radius 3 is 2.16 bits per heavy atom. The van der Waals surface area contributed by atoms with Gasteiger partial charge in [-0.25, -0.2) is 0 Å². The van der Waals surface area contributed by atoms with Crippen molar-refractivity contribution in [3.63, 3.8) is 0 Å². The summed E-state index contributed by atoms with van der Waals surface area (Å²) in [5, 5.41) is 13.6. The fourth-order valence-corrected chi connectivity index (χ4v) is 2.34. The number of aliphatic carboxylic acids is 1. The van der Waals surface area contributed by atoms with Gasteiger partial charge in [0.05, 0.1) is 24.1 Å². The zero-order valence-corrected chi connectivity index (χ0v) is 13.8. The molecule has 0 aromatic heterocycles. The minimum atomic E-state index is -1.42. The normalized spacial score (nSPS) is 12.0. The molecule has 0 bridgehead atoms. The number of amides is 1. The van der Waals surface area contributed by atoms with Gasteiger partial charge >= 0.3 is 0 Å². The molecule has 25 heavy (non-hydrogen) atoms. The highest BCUT2D eigenvalue weighted by Crippen LogP contribution is 2.06. The van der Waals surface area contributed by atoms with Crippen LogP contribution in [0.15, 0.2) is 66.4 Å². The van der Waals surface area contributed by atoms with Crippen molar-refractivity contribution in [2.75, 3.05) is 0 Å². The van der Waals surface area contributed by atoms with Crippen LogP contribution in [0.3, 0.4) is 0 Å². The molecule has 0 unspecified atom stereocenters. The van der Waals surface area contributed by atoms with E-state index < -0.39 is 11.9 Å². The van der Waals surface area contributed by atoms with Gasteiger partial charge in [0.1, 0.15) is 0 Å². The number of hydrogen-bond donors (Lipinski definition) is 2. The van der Waals surface area contributed by atoms with Gasteiger partial charge in [-0.15, -0.1) is 0 Å². The van der Waals surface area contributed by atoms with E-state index >= 15 is 0 Å². The highest BCUT2D eigenvalue weighted by Gasteiger charge is 2.14. The molecule has 0 aliphatic carbocycles. The fourth-order valence-electron chi connectivity index (χ4n) is 2.34. The average Bonchev–Trinajstić information content (AvgIpc) is 2.55. The minimum absolute atomic E-state index is 0. The number of carbonyl (C=O) groups is 2. The summed E-state index contributed by atoms with van der Waals surface area (Å²) in [4.78, 5) is 23.3. The van der Waals surface area contributed by atoms with Gasteiger partial charge in [0, 0.05) is 6.42 Å². The van der Waals surface area contributed by atoms with Crippen LogP contribution in [0.25, 0.3) is 6.08 Å². The summed E-state index contributed by atoms with van der Waals surface area (Å²) in [6.45, 7) is 0. The third-order valence-corrected chi connectivity index (χ3v) is 3.45. The van der Waals surface area contributed by atoms with Crippen LogP contribution in [0, 0.1) is 0 Å². The number of benzene rings is 2. The van der Waals surface area contributed by atoms with Crippen molar-refractivity contribution >= 4 is 18.0 Å². The molecule has 1 amide bonds. The first-order valence-corrected chi connectivity index (χ1v) is 7.69. The third kappa shape index (κ3) is 6.99. The lowest BCUT2D eigenvalue weighted by atomic mass is 10.0. The molecule has 6 heteroatoms. The minimum Gasteiger partial charge on any atom is -0.543 e. The molecule has 132 valence electrons. The smallest absolute Gasteiger partial charge is 0.230 e. The SMILES string of the molecule is O.[NH3+][C@H](CC(=O)N/C(=C\c1ccccc1)C(=O)[O-])Cc1ccccc1. The standard InChI is InChI=1S/C19H20N2O3.H2O/c20-16(11-14-7-3-1-4-8-14)13-18(22)21-17(19(23)24)12-15-9-5-2-6-10-15;/h1-10,12,16H,11,13,20H2,(H,21,22)(H,23,24);1H2/b17-12-;/t16-;/m0./s1. The second kappa shape index (κ2) is 10.0. The summed E-state index contributed by atoms with van der Waals surface area (Å²) >= 11 is 0. The Balaban J connectivity index is 0.00000312. The van der Waals surface area contributed by atoms with E-state index in [0.29, 0.717) is 12.0 Å². The molecule has 1 atom stereocenters. The van der Waals surface area contributed by atoms with Crippen molar-refractivity contribution in [1.29, 1.82) is 0 Å². The van der Waals surface area contributed by atoms with Gasteiger partial charge in [-0.3, -0.25) is 4.79 Å². The first-order valence-electron chi connectivity index (χ1n) is 7.69. The summed E-state index contributed by atoms with van der Waals surface area (Å²) in [5.41, 5.74) is 5.48. The monoisotopic (exact) mass is 342 g/mol. The number of rotatable bonds is 7. The largest absolute Gasteiger partial charge is 0.543 e. The number of carboxylic acid groups (broad SMARTS) is 1. The summed E-state index contributed by atoms with van der Waals surface area (Å²) in [7, 11) is 0. The fraction of sp³-hybridized carbons (Fsp3) is 0.158. The van der Waals surface area contributed by atoms with Crippen LogP contribution >= 0.6 is 0 Å². The highest BCUT2D eigenvalue weighted by atomic mass is 16.4. The second-order valence-corrected chi connectivity index (χ2v) is 5.56. The number of carboxylic acids is 1. The van der Waals surface area contributed by atoms with Crippen LogP contribution in [-0.4, -0.2) is 23.4 Å². The maximum atomic E-state index is 12.1.